The van der Waals surface area contributed by atoms with Crippen LogP contribution in [0, 0.1) is 0 Å². The van der Waals surface area contributed by atoms with Crippen molar-refractivity contribution >= 4 is 12.0 Å². The molecule has 0 radical (unpaired) electrons. The van der Waals surface area contributed by atoms with E-state index in [4.69, 9.17) is 9.47 Å². The molecule has 0 saturated carbocycles. The molecular weight excluding hydrogens is 304 g/mol. The summed E-state index contributed by atoms with van der Waals surface area (Å²) in [5, 5.41) is 9.70. The average molecular weight is 324 g/mol. The molecule has 24 heavy (non-hydrogen) atoms. The largest absolute Gasteiger partial charge is 0.496 e. The van der Waals surface area contributed by atoms with E-state index in [-0.39, 0.29) is 12.4 Å². The molecular formula is C20H20O4. The predicted octanol–water partition coefficient (Wildman–Crippen LogP) is 3.44. The first-order valence-electron chi connectivity index (χ1n) is 7.95. The SMILES string of the molecule is COc1ccccc1-c1ccccc1C=CC1CC(O)CC(=O)O1. The van der Waals surface area contributed by atoms with E-state index < -0.39 is 12.2 Å². The van der Waals surface area contributed by atoms with Gasteiger partial charge in [0.15, 0.2) is 0 Å². The van der Waals surface area contributed by atoms with Crippen LogP contribution in [-0.2, 0) is 9.53 Å². The van der Waals surface area contributed by atoms with Gasteiger partial charge in [0, 0.05) is 12.0 Å². The minimum absolute atomic E-state index is 0.0716. The van der Waals surface area contributed by atoms with Crippen LogP contribution in [0.4, 0.5) is 0 Å². The van der Waals surface area contributed by atoms with E-state index in [1.165, 1.54) is 0 Å². The fraction of sp³-hybridized carbons (Fsp3) is 0.250. The molecule has 0 aliphatic carbocycles. The number of cyclic esters (lactones) is 1. The molecule has 2 atom stereocenters. The summed E-state index contributed by atoms with van der Waals surface area (Å²) in [5.41, 5.74) is 3.04. The predicted molar refractivity (Wildman–Crippen MR) is 92.6 cm³/mol. The molecule has 2 unspecified atom stereocenters. The van der Waals surface area contributed by atoms with Crippen LogP contribution in [0.2, 0.25) is 0 Å². The highest BCUT2D eigenvalue weighted by Crippen LogP contribution is 2.32. The van der Waals surface area contributed by atoms with Crippen molar-refractivity contribution in [2.75, 3.05) is 7.11 Å². The Labute approximate surface area is 141 Å². The molecule has 1 N–H and O–H groups in total. The molecule has 124 valence electrons. The van der Waals surface area contributed by atoms with Crippen LogP contribution < -0.4 is 4.74 Å². The van der Waals surface area contributed by atoms with Crippen LogP contribution in [-0.4, -0.2) is 30.4 Å². The van der Waals surface area contributed by atoms with Crippen molar-refractivity contribution in [3.63, 3.8) is 0 Å². The van der Waals surface area contributed by atoms with Crippen LogP contribution in [0.1, 0.15) is 18.4 Å². The number of carbonyl (C=O) groups is 1. The van der Waals surface area contributed by atoms with Crippen molar-refractivity contribution in [2.45, 2.75) is 25.0 Å². The lowest BCUT2D eigenvalue weighted by Gasteiger charge is -2.23. The third-order valence-corrected chi connectivity index (χ3v) is 4.04. The molecule has 2 aromatic rings. The lowest BCUT2D eigenvalue weighted by atomic mass is 9.97. The Morgan fingerprint density at radius 2 is 1.83 bits per heavy atom. The molecule has 1 fully saturated rings. The number of esters is 1. The Kier molecular flexibility index (Phi) is 4.96. The normalized spacial score (nSPS) is 20.8. The molecule has 0 bridgehead atoms. The smallest absolute Gasteiger partial charge is 0.309 e. The van der Waals surface area contributed by atoms with Crippen molar-refractivity contribution in [2.24, 2.45) is 0 Å². The zero-order chi connectivity index (χ0) is 16.9. The number of rotatable bonds is 4. The van der Waals surface area contributed by atoms with Gasteiger partial charge in [-0.25, -0.2) is 0 Å². The highest BCUT2D eigenvalue weighted by Gasteiger charge is 2.25. The second kappa shape index (κ2) is 7.32. The minimum Gasteiger partial charge on any atom is -0.496 e. The number of para-hydroxylation sites is 1. The number of carbonyl (C=O) groups excluding carboxylic acids is 1. The number of aliphatic hydroxyl groups is 1. The molecule has 1 aliphatic heterocycles. The van der Waals surface area contributed by atoms with Crippen LogP contribution in [0.25, 0.3) is 17.2 Å². The Balaban J connectivity index is 1.90. The quantitative estimate of drug-likeness (QED) is 0.875. The van der Waals surface area contributed by atoms with Crippen LogP contribution >= 0.6 is 0 Å². The first kappa shape index (κ1) is 16.3. The summed E-state index contributed by atoms with van der Waals surface area (Å²) in [5.74, 6) is 0.444. The Morgan fingerprint density at radius 3 is 2.58 bits per heavy atom. The summed E-state index contributed by atoms with van der Waals surface area (Å²) < 4.78 is 10.7. The Hall–Kier alpha value is -2.59. The molecule has 0 spiro atoms. The summed E-state index contributed by atoms with van der Waals surface area (Å²) in [7, 11) is 1.65. The van der Waals surface area contributed by atoms with Gasteiger partial charge >= 0.3 is 5.97 Å². The molecule has 0 aromatic heterocycles. The number of hydrogen-bond donors (Lipinski definition) is 1. The first-order chi connectivity index (χ1) is 11.7. The number of benzene rings is 2. The van der Waals surface area contributed by atoms with Gasteiger partial charge in [0.25, 0.3) is 0 Å². The Bertz CT molecular complexity index is 751. The first-order valence-corrected chi connectivity index (χ1v) is 7.95. The van der Waals surface area contributed by atoms with E-state index >= 15 is 0 Å². The summed E-state index contributed by atoms with van der Waals surface area (Å²) in [6.45, 7) is 0. The maximum absolute atomic E-state index is 11.4. The number of hydrogen-bond acceptors (Lipinski definition) is 4. The van der Waals surface area contributed by atoms with E-state index in [9.17, 15) is 9.90 Å². The lowest BCUT2D eigenvalue weighted by Crippen LogP contribution is -2.31. The monoisotopic (exact) mass is 324 g/mol. The fourth-order valence-electron chi connectivity index (χ4n) is 2.89. The standard InChI is InChI=1S/C20H20O4/c1-23-19-9-5-4-8-18(19)17-7-3-2-6-14(17)10-11-16-12-15(21)13-20(22)24-16/h2-11,15-16,21H,12-13H2,1H3. The van der Waals surface area contributed by atoms with Crippen molar-refractivity contribution in [3.8, 4) is 16.9 Å². The Morgan fingerprint density at radius 1 is 1.12 bits per heavy atom. The fourth-order valence-corrected chi connectivity index (χ4v) is 2.89. The van der Waals surface area contributed by atoms with Gasteiger partial charge < -0.3 is 14.6 Å². The number of methoxy groups -OCH3 is 1. The van der Waals surface area contributed by atoms with Gasteiger partial charge in [0.05, 0.1) is 19.6 Å². The van der Waals surface area contributed by atoms with Crippen molar-refractivity contribution in [3.05, 3.63) is 60.2 Å². The summed E-state index contributed by atoms with van der Waals surface area (Å²) in [6, 6.07) is 15.8. The zero-order valence-corrected chi connectivity index (χ0v) is 13.5. The molecule has 0 amide bonds. The zero-order valence-electron chi connectivity index (χ0n) is 13.5. The van der Waals surface area contributed by atoms with Crippen molar-refractivity contribution in [1.29, 1.82) is 0 Å². The topological polar surface area (TPSA) is 55.8 Å². The third-order valence-electron chi connectivity index (χ3n) is 4.04. The van der Waals surface area contributed by atoms with Gasteiger partial charge in [0.2, 0.25) is 0 Å². The molecule has 4 nitrogen and oxygen atoms in total. The van der Waals surface area contributed by atoms with Crippen LogP contribution in [0.5, 0.6) is 5.75 Å². The molecule has 4 heteroatoms. The van der Waals surface area contributed by atoms with Gasteiger partial charge in [-0.05, 0) is 23.3 Å². The highest BCUT2D eigenvalue weighted by molar-refractivity contribution is 5.79. The third kappa shape index (κ3) is 3.66. The van der Waals surface area contributed by atoms with Gasteiger partial charge in [-0.1, -0.05) is 48.5 Å². The van der Waals surface area contributed by atoms with E-state index in [0.717, 1.165) is 22.4 Å². The van der Waals surface area contributed by atoms with E-state index in [0.29, 0.717) is 6.42 Å². The molecule has 1 heterocycles. The minimum atomic E-state index is -0.634. The number of aliphatic hydroxyl groups excluding tert-OH is 1. The van der Waals surface area contributed by atoms with Crippen molar-refractivity contribution in [1.82, 2.24) is 0 Å². The summed E-state index contributed by atoms with van der Waals surface area (Å²) in [6.07, 6.45) is 3.23. The summed E-state index contributed by atoms with van der Waals surface area (Å²) in [4.78, 5) is 11.4. The molecule has 1 aliphatic rings. The van der Waals surface area contributed by atoms with Crippen LogP contribution in [0.3, 0.4) is 0 Å². The lowest BCUT2D eigenvalue weighted by molar-refractivity contribution is -0.156. The average Bonchev–Trinajstić information content (AvgIpc) is 2.59. The maximum Gasteiger partial charge on any atom is 0.309 e. The second-order valence-corrected chi connectivity index (χ2v) is 5.77. The van der Waals surface area contributed by atoms with E-state index in [2.05, 4.69) is 0 Å². The summed E-state index contributed by atoms with van der Waals surface area (Å²) >= 11 is 0. The molecule has 1 saturated heterocycles. The van der Waals surface area contributed by atoms with Crippen LogP contribution in [0.15, 0.2) is 54.6 Å². The van der Waals surface area contributed by atoms with E-state index in [1.54, 1.807) is 7.11 Å². The maximum atomic E-state index is 11.4. The van der Waals surface area contributed by atoms with Gasteiger partial charge in [-0.3, -0.25) is 4.79 Å². The second-order valence-electron chi connectivity index (χ2n) is 5.77. The molecule has 2 aromatic carbocycles. The van der Waals surface area contributed by atoms with Gasteiger partial charge in [-0.2, -0.15) is 0 Å². The number of ether oxygens (including phenoxy) is 2. The highest BCUT2D eigenvalue weighted by atomic mass is 16.5. The van der Waals surface area contributed by atoms with E-state index in [1.807, 2.05) is 60.7 Å². The van der Waals surface area contributed by atoms with Gasteiger partial charge in [-0.15, -0.1) is 0 Å². The molecule has 3 rings (SSSR count). The van der Waals surface area contributed by atoms with Gasteiger partial charge in [0.1, 0.15) is 11.9 Å². The van der Waals surface area contributed by atoms with Crippen molar-refractivity contribution < 1.29 is 19.4 Å².